The summed E-state index contributed by atoms with van der Waals surface area (Å²) in [6.07, 6.45) is 0.353. The Balaban J connectivity index is 1.54. The molecular weight excluding hydrogens is 366 g/mol. The minimum absolute atomic E-state index is 0.0643. The van der Waals surface area contributed by atoms with Gasteiger partial charge in [0, 0.05) is 10.4 Å². The predicted molar refractivity (Wildman–Crippen MR) is 104 cm³/mol. The van der Waals surface area contributed by atoms with Crippen molar-refractivity contribution in [3.05, 3.63) is 63.7 Å². The van der Waals surface area contributed by atoms with E-state index in [1.165, 1.54) is 11.3 Å². The van der Waals surface area contributed by atoms with Crippen LogP contribution in [-0.4, -0.2) is 16.0 Å². The van der Waals surface area contributed by atoms with Crippen molar-refractivity contribution >= 4 is 34.3 Å². The summed E-state index contributed by atoms with van der Waals surface area (Å²) < 4.78 is 5.43. The molecule has 4 aromatic rings. The molecule has 1 amide bonds. The second kappa shape index (κ2) is 7.23. The zero-order chi connectivity index (χ0) is 17.9. The van der Waals surface area contributed by atoms with Gasteiger partial charge in [0.1, 0.15) is 4.88 Å². The zero-order valence-electron chi connectivity index (χ0n) is 13.9. The van der Waals surface area contributed by atoms with E-state index in [-0.39, 0.29) is 5.91 Å². The van der Waals surface area contributed by atoms with Gasteiger partial charge in [-0.05, 0) is 35.9 Å². The maximum Gasteiger partial charge on any atom is 0.270 e. The fourth-order valence-electron chi connectivity index (χ4n) is 2.56. The molecule has 0 aliphatic heterocycles. The molecule has 3 aromatic heterocycles. The van der Waals surface area contributed by atoms with Crippen LogP contribution in [0.1, 0.15) is 10.4 Å². The first-order valence-electron chi connectivity index (χ1n) is 8.00. The molecular formula is C19H15N3O2S2. The van der Waals surface area contributed by atoms with Crippen LogP contribution in [0.25, 0.3) is 22.2 Å². The lowest BCUT2D eigenvalue weighted by Crippen LogP contribution is -2.13. The molecule has 0 saturated heterocycles. The number of aryl methyl sites for hydroxylation is 1. The van der Waals surface area contributed by atoms with Gasteiger partial charge in [0.05, 0.1) is 12.1 Å². The van der Waals surface area contributed by atoms with Crippen molar-refractivity contribution in [3.8, 4) is 22.2 Å². The summed E-state index contributed by atoms with van der Waals surface area (Å²) in [6.45, 7) is 2.02. The number of hydrogen-bond donors (Lipinski definition) is 1. The van der Waals surface area contributed by atoms with Gasteiger partial charge in [-0.1, -0.05) is 35.0 Å². The largest absolute Gasteiger partial charge is 0.333 e. The molecule has 130 valence electrons. The molecule has 26 heavy (non-hydrogen) atoms. The summed E-state index contributed by atoms with van der Waals surface area (Å²) in [5.41, 5.74) is 2.72. The van der Waals surface area contributed by atoms with Gasteiger partial charge in [-0.15, -0.1) is 22.7 Å². The number of amides is 1. The highest BCUT2D eigenvalue weighted by atomic mass is 32.1. The molecule has 1 aromatic carbocycles. The lowest BCUT2D eigenvalue weighted by atomic mass is 10.1. The maximum absolute atomic E-state index is 12.3. The van der Waals surface area contributed by atoms with Crippen LogP contribution in [0.15, 0.2) is 57.7 Å². The number of anilines is 1. The summed E-state index contributed by atoms with van der Waals surface area (Å²) in [5, 5.41) is 10.9. The van der Waals surface area contributed by atoms with Crippen molar-refractivity contribution < 1.29 is 9.32 Å². The molecule has 4 rings (SSSR count). The quantitative estimate of drug-likeness (QED) is 0.527. The fraction of sp³-hybridized carbons (Fsp3) is 0.105. The molecule has 0 radical (unpaired) electrons. The number of thiophene rings is 2. The summed E-state index contributed by atoms with van der Waals surface area (Å²) in [4.78, 5) is 18.5. The number of nitrogens with one attached hydrogen (secondary N) is 1. The van der Waals surface area contributed by atoms with Gasteiger partial charge in [-0.25, -0.2) is 0 Å². The number of benzene rings is 1. The second-order valence-electron chi connectivity index (χ2n) is 5.76. The Morgan fingerprint density at radius 3 is 2.88 bits per heavy atom. The van der Waals surface area contributed by atoms with Gasteiger partial charge in [0.2, 0.25) is 11.7 Å². The monoisotopic (exact) mass is 381 g/mol. The van der Waals surface area contributed by atoms with Crippen LogP contribution in [0.3, 0.4) is 0 Å². The number of rotatable bonds is 5. The van der Waals surface area contributed by atoms with Gasteiger partial charge in [-0.2, -0.15) is 4.98 Å². The highest BCUT2D eigenvalue weighted by molar-refractivity contribution is 7.14. The van der Waals surface area contributed by atoms with E-state index in [4.69, 9.17) is 4.52 Å². The number of aromatic nitrogens is 2. The smallest absolute Gasteiger partial charge is 0.270 e. The second-order valence-corrected chi connectivity index (χ2v) is 7.71. The van der Waals surface area contributed by atoms with Crippen molar-refractivity contribution in [1.82, 2.24) is 10.1 Å². The summed E-state index contributed by atoms with van der Waals surface area (Å²) >= 11 is 3.02. The molecule has 0 spiro atoms. The van der Waals surface area contributed by atoms with Gasteiger partial charge in [-0.3, -0.25) is 4.79 Å². The van der Waals surface area contributed by atoms with E-state index in [1.54, 1.807) is 11.3 Å². The third kappa shape index (κ3) is 3.58. The van der Waals surface area contributed by atoms with E-state index in [0.29, 0.717) is 23.8 Å². The standard InChI is InChI=1S/C19H15N3O2S2/c1-12-4-2-5-13(10-12)18-21-19(24-22-18)17-15(7-9-26-17)20-16(23)11-14-6-3-8-25-14/h2-10H,11H2,1H3,(H,20,23). The average Bonchev–Trinajstić information content (AvgIpc) is 3.36. The molecule has 0 aliphatic rings. The van der Waals surface area contributed by atoms with Crippen LogP contribution < -0.4 is 5.32 Å². The van der Waals surface area contributed by atoms with E-state index in [9.17, 15) is 4.79 Å². The first-order chi connectivity index (χ1) is 12.7. The molecule has 0 atom stereocenters. The Kier molecular flexibility index (Phi) is 4.64. The number of carbonyl (C=O) groups excluding carboxylic acids is 1. The van der Waals surface area contributed by atoms with Crippen LogP contribution in [-0.2, 0) is 11.2 Å². The minimum Gasteiger partial charge on any atom is -0.333 e. The van der Waals surface area contributed by atoms with Gasteiger partial charge in [0.25, 0.3) is 5.89 Å². The SMILES string of the molecule is Cc1cccc(-c2noc(-c3sccc3NC(=O)Cc3cccs3)n2)c1. The van der Waals surface area contributed by atoms with E-state index in [2.05, 4.69) is 15.5 Å². The van der Waals surface area contributed by atoms with Gasteiger partial charge < -0.3 is 9.84 Å². The molecule has 1 N–H and O–H groups in total. The van der Waals surface area contributed by atoms with Crippen molar-refractivity contribution in [2.75, 3.05) is 5.32 Å². The number of carbonyl (C=O) groups is 1. The maximum atomic E-state index is 12.3. The Bertz CT molecular complexity index is 1030. The zero-order valence-corrected chi connectivity index (χ0v) is 15.6. The van der Waals surface area contributed by atoms with E-state index >= 15 is 0 Å². The normalized spacial score (nSPS) is 10.8. The summed E-state index contributed by atoms with van der Waals surface area (Å²) in [5.74, 6) is 0.876. The Morgan fingerprint density at radius 2 is 2.08 bits per heavy atom. The molecule has 0 aliphatic carbocycles. The highest BCUT2D eigenvalue weighted by Gasteiger charge is 2.17. The van der Waals surface area contributed by atoms with Crippen LogP contribution >= 0.6 is 22.7 Å². The Morgan fingerprint density at radius 1 is 1.15 bits per heavy atom. The first kappa shape index (κ1) is 16.7. The van der Waals surface area contributed by atoms with E-state index in [0.717, 1.165) is 20.9 Å². The summed E-state index contributed by atoms with van der Waals surface area (Å²) in [6, 6.07) is 13.7. The average molecular weight is 381 g/mol. The number of nitrogens with zero attached hydrogens (tertiary/aromatic N) is 2. The van der Waals surface area contributed by atoms with Crippen LogP contribution in [0.5, 0.6) is 0 Å². The third-order valence-corrected chi connectivity index (χ3v) is 5.53. The lowest BCUT2D eigenvalue weighted by molar-refractivity contribution is -0.115. The van der Waals surface area contributed by atoms with E-state index < -0.39 is 0 Å². The first-order valence-corrected chi connectivity index (χ1v) is 9.76. The molecule has 0 unspecified atom stereocenters. The van der Waals surface area contributed by atoms with Crippen LogP contribution in [0.4, 0.5) is 5.69 Å². The predicted octanol–water partition coefficient (Wildman–Crippen LogP) is 5.02. The highest BCUT2D eigenvalue weighted by Crippen LogP contribution is 2.34. The van der Waals surface area contributed by atoms with E-state index in [1.807, 2.05) is 60.1 Å². The molecule has 0 saturated carbocycles. The molecule has 7 heteroatoms. The Labute approximate surface area is 158 Å². The van der Waals surface area contributed by atoms with Crippen molar-refractivity contribution in [3.63, 3.8) is 0 Å². The minimum atomic E-state index is -0.0643. The lowest BCUT2D eigenvalue weighted by Gasteiger charge is -2.03. The molecule has 5 nitrogen and oxygen atoms in total. The van der Waals surface area contributed by atoms with Crippen LogP contribution in [0, 0.1) is 6.92 Å². The van der Waals surface area contributed by atoms with Crippen molar-refractivity contribution in [1.29, 1.82) is 0 Å². The summed E-state index contributed by atoms with van der Waals surface area (Å²) in [7, 11) is 0. The molecule has 0 bridgehead atoms. The fourth-order valence-corrected chi connectivity index (χ4v) is 4.03. The molecule has 0 fully saturated rings. The van der Waals surface area contributed by atoms with Gasteiger partial charge >= 0.3 is 0 Å². The topological polar surface area (TPSA) is 68.0 Å². The molecule has 3 heterocycles. The van der Waals surface area contributed by atoms with Crippen molar-refractivity contribution in [2.45, 2.75) is 13.3 Å². The third-order valence-electron chi connectivity index (χ3n) is 3.75. The number of hydrogen-bond acceptors (Lipinski definition) is 6. The Hall–Kier alpha value is -2.77. The van der Waals surface area contributed by atoms with Crippen molar-refractivity contribution in [2.24, 2.45) is 0 Å². The van der Waals surface area contributed by atoms with Crippen LogP contribution in [0.2, 0.25) is 0 Å². The van der Waals surface area contributed by atoms with Gasteiger partial charge in [0.15, 0.2) is 0 Å².